The van der Waals surface area contributed by atoms with E-state index in [2.05, 4.69) is 18.7 Å². The van der Waals surface area contributed by atoms with Crippen LogP contribution in [0.2, 0.25) is 0 Å². The van der Waals surface area contributed by atoms with Crippen molar-refractivity contribution in [2.75, 3.05) is 26.2 Å². The van der Waals surface area contributed by atoms with Gasteiger partial charge < -0.3 is 19.8 Å². The van der Waals surface area contributed by atoms with E-state index in [-0.39, 0.29) is 17.1 Å². The molecule has 0 aromatic heterocycles. The number of aromatic hydroxyl groups is 2. The minimum Gasteiger partial charge on any atom is -0.504 e. The highest BCUT2D eigenvalue weighted by Crippen LogP contribution is 2.25. The molecule has 5 heteroatoms. The third-order valence-corrected chi connectivity index (χ3v) is 2.96. The lowest BCUT2D eigenvalue weighted by molar-refractivity contribution is 0.0489. The maximum absolute atomic E-state index is 11.7. The molecule has 1 aromatic carbocycles. The van der Waals surface area contributed by atoms with E-state index in [0.29, 0.717) is 6.61 Å². The fourth-order valence-electron chi connectivity index (χ4n) is 1.73. The van der Waals surface area contributed by atoms with Crippen LogP contribution in [0.1, 0.15) is 30.6 Å². The molecule has 1 rings (SSSR count). The summed E-state index contributed by atoms with van der Waals surface area (Å²) < 4.78 is 5.10. The van der Waals surface area contributed by atoms with Gasteiger partial charge in [-0.1, -0.05) is 13.8 Å². The van der Waals surface area contributed by atoms with Gasteiger partial charge >= 0.3 is 5.97 Å². The SMILES string of the molecule is CCN(CC)CCCOC(=O)c1ccc(O)c(O)c1. The summed E-state index contributed by atoms with van der Waals surface area (Å²) in [4.78, 5) is 13.9. The first-order valence-electron chi connectivity index (χ1n) is 6.50. The van der Waals surface area contributed by atoms with Gasteiger partial charge in [0.2, 0.25) is 0 Å². The Kier molecular flexibility index (Phi) is 6.15. The van der Waals surface area contributed by atoms with Gasteiger partial charge in [-0.2, -0.15) is 0 Å². The summed E-state index contributed by atoms with van der Waals surface area (Å²) in [6, 6.07) is 3.88. The molecular formula is C14H21NO4. The van der Waals surface area contributed by atoms with E-state index in [0.717, 1.165) is 26.1 Å². The van der Waals surface area contributed by atoms with Crippen LogP contribution in [-0.2, 0) is 4.74 Å². The van der Waals surface area contributed by atoms with Crippen molar-refractivity contribution in [2.24, 2.45) is 0 Å². The van der Waals surface area contributed by atoms with Gasteiger partial charge in [0.05, 0.1) is 12.2 Å². The van der Waals surface area contributed by atoms with E-state index < -0.39 is 5.97 Å². The maximum Gasteiger partial charge on any atom is 0.338 e. The van der Waals surface area contributed by atoms with Crippen LogP contribution >= 0.6 is 0 Å². The number of carbonyl (C=O) groups excluding carboxylic acids is 1. The Bertz CT molecular complexity index is 416. The fourth-order valence-corrected chi connectivity index (χ4v) is 1.73. The van der Waals surface area contributed by atoms with Crippen molar-refractivity contribution in [1.82, 2.24) is 4.90 Å². The Morgan fingerprint density at radius 3 is 2.47 bits per heavy atom. The van der Waals surface area contributed by atoms with Crippen molar-refractivity contribution in [3.05, 3.63) is 23.8 Å². The average molecular weight is 267 g/mol. The number of hydrogen-bond donors (Lipinski definition) is 2. The van der Waals surface area contributed by atoms with E-state index in [9.17, 15) is 9.90 Å². The van der Waals surface area contributed by atoms with Gasteiger partial charge in [-0.15, -0.1) is 0 Å². The number of benzene rings is 1. The average Bonchev–Trinajstić information content (AvgIpc) is 2.42. The molecule has 0 radical (unpaired) electrons. The number of hydrogen-bond acceptors (Lipinski definition) is 5. The number of rotatable bonds is 7. The van der Waals surface area contributed by atoms with Crippen molar-refractivity contribution >= 4 is 5.97 Å². The topological polar surface area (TPSA) is 70.0 Å². The Morgan fingerprint density at radius 1 is 1.21 bits per heavy atom. The first-order chi connectivity index (χ1) is 9.08. The smallest absolute Gasteiger partial charge is 0.338 e. The minimum atomic E-state index is -0.491. The lowest BCUT2D eigenvalue weighted by Crippen LogP contribution is -2.25. The Hall–Kier alpha value is -1.75. The standard InChI is InChI=1S/C14H21NO4/c1-3-15(4-2)8-5-9-19-14(18)11-6-7-12(16)13(17)10-11/h6-7,10,16-17H,3-5,8-9H2,1-2H3. The van der Waals surface area contributed by atoms with Crippen molar-refractivity contribution in [3.8, 4) is 11.5 Å². The van der Waals surface area contributed by atoms with Crippen LogP contribution in [0.25, 0.3) is 0 Å². The van der Waals surface area contributed by atoms with Gasteiger partial charge in [-0.25, -0.2) is 4.79 Å². The third-order valence-electron chi connectivity index (χ3n) is 2.96. The monoisotopic (exact) mass is 267 g/mol. The number of phenolic OH excluding ortho intramolecular Hbond substituents is 2. The molecule has 0 fully saturated rings. The quantitative estimate of drug-likeness (QED) is 0.449. The molecule has 0 spiro atoms. The normalized spacial score (nSPS) is 10.7. The van der Waals surface area contributed by atoms with Gasteiger partial charge in [0.1, 0.15) is 0 Å². The van der Waals surface area contributed by atoms with Gasteiger partial charge in [0.15, 0.2) is 11.5 Å². The molecule has 2 N–H and O–H groups in total. The Balaban J connectivity index is 2.37. The predicted molar refractivity (Wildman–Crippen MR) is 72.5 cm³/mol. The lowest BCUT2D eigenvalue weighted by atomic mass is 10.2. The first kappa shape index (κ1) is 15.3. The van der Waals surface area contributed by atoms with Crippen LogP contribution in [0.5, 0.6) is 11.5 Å². The van der Waals surface area contributed by atoms with Gasteiger partial charge in [-0.3, -0.25) is 0 Å². The second-order valence-corrected chi connectivity index (χ2v) is 4.22. The van der Waals surface area contributed by atoms with Crippen LogP contribution in [0.4, 0.5) is 0 Å². The van der Waals surface area contributed by atoms with E-state index in [4.69, 9.17) is 9.84 Å². The highest BCUT2D eigenvalue weighted by atomic mass is 16.5. The van der Waals surface area contributed by atoms with Gasteiger partial charge in [0.25, 0.3) is 0 Å². The molecular weight excluding hydrogens is 246 g/mol. The van der Waals surface area contributed by atoms with Crippen molar-refractivity contribution in [2.45, 2.75) is 20.3 Å². The summed E-state index contributed by atoms with van der Waals surface area (Å²) in [6.07, 6.45) is 0.775. The summed E-state index contributed by atoms with van der Waals surface area (Å²) >= 11 is 0. The summed E-state index contributed by atoms with van der Waals surface area (Å²) in [5, 5.41) is 18.4. The van der Waals surface area contributed by atoms with Crippen molar-refractivity contribution in [3.63, 3.8) is 0 Å². The van der Waals surface area contributed by atoms with Crippen molar-refractivity contribution < 1.29 is 19.7 Å². The largest absolute Gasteiger partial charge is 0.504 e. The highest BCUT2D eigenvalue weighted by molar-refractivity contribution is 5.90. The molecule has 0 atom stereocenters. The zero-order valence-corrected chi connectivity index (χ0v) is 11.4. The highest BCUT2D eigenvalue weighted by Gasteiger charge is 2.10. The first-order valence-corrected chi connectivity index (χ1v) is 6.50. The number of carbonyl (C=O) groups is 1. The second-order valence-electron chi connectivity index (χ2n) is 4.22. The maximum atomic E-state index is 11.7. The molecule has 0 amide bonds. The molecule has 0 aliphatic carbocycles. The fraction of sp³-hybridized carbons (Fsp3) is 0.500. The summed E-state index contributed by atoms with van der Waals surface area (Å²) in [5.41, 5.74) is 0.234. The molecule has 0 unspecified atom stereocenters. The third kappa shape index (κ3) is 4.79. The lowest BCUT2D eigenvalue weighted by Gasteiger charge is -2.17. The second kappa shape index (κ2) is 7.63. The molecule has 5 nitrogen and oxygen atoms in total. The molecule has 19 heavy (non-hydrogen) atoms. The van der Waals surface area contributed by atoms with Crippen LogP contribution in [-0.4, -0.2) is 47.3 Å². The molecule has 0 aliphatic rings. The van der Waals surface area contributed by atoms with Gasteiger partial charge in [0, 0.05) is 6.54 Å². The zero-order chi connectivity index (χ0) is 14.3. The molecule has 106 valence electrons. The molecule has 0 bridgehead atoms. The number of ether oxygens (including phenoxy) is 1. The van der Waals surface area contributed by atoms with Crippen LogP contribution < -0.4 is 0 Å². The van der Waals surface area contributed by atoms with Crippen LogP contribution in [0.15, 0.2) is 18.2 Å². The van der Waals surface area contributed by atoms with Gasteiger partial charge in [-0.05, 0) is 37.7 Å². The minimum absolute atomic E-state index is 0.234. The number of esters is 1. The van der Waals surface area contributed by atoms with Crippen LogP contribution in [0.3, 0.4) is 0 Å². The zero-order valence-electron chi connectivity index (χ0n) is 11.4. The van der Waals surface area contributed by atoms with E-state index in [1.54, 1.807) is 0 Å². The van der Waals surface area contributed by atoms with E-state index in [1.165, 1.54) is 18.2 Å². The molecule has 1 aromatic rings. The number of nitrogens with zero attached hydrogens (tertiary/aromatic N) is 1. The molecule has 0 saturated heterocycles. The predicted octanol–water partition coefficient (Wildman–Crippen LogP) is 1.99. The van der Waals surface area contributed by atoms with E-state index >= 15 is 0 Å². The number of phenols is 2. The molecule has 0 heterocycles. The van der Waals surface area contributed by atoms with Crippen LogP contribution in [0, 0.1) is 0 Å². The Morgan fingerprint density at radius 2 is 1.89 bits per heavy atom. The Labute approximate surface area is 113 Å². The molecule has 0 saturated carbocycles. The van der Waals surface area contributed by atoms with E-state index in [1.807, 2.05) is 0 Å². The summed E-state index contributed by atoms with van der Waals surface area (Å²) in [5.74, 6) is -1.06. The summed E-state index contributed by atoms with van der Waals surface area (Å²) in [7, 11) is 0. The summed E-state index contributed by atoms with van der Waals surface area (Å²) in [6.45, 7) is 7.38. The molecule has 0 aliphatic heterocycles. The van der Waals surface area contributed by atoms with Crippen molar-refractivity contribution in [1.29, 1.82) is 0 Å².